The Morgan fingerprint density at radius 1 is 1.32 bits per heavy atom. The average Bonchev–Trinajstić information content (AvgIpc) is 2.77. The molecule has 0 spiro atoms. The first kappa shape index (κ1) is 13.8. The molecule has 0 bridgehead atoms. The zero-order chi connectivity index (χ0) is 13.8. The SMILES string of the molecule is CC(C)Cc1cccc(C(NN)c2ccnn2C)c1. The van der Waals surface area contributed by atoms with Gasteiger partial charge in [0.2, 0.25) is 0 Å². The Morgan fingerprint density at radius 3 is 2.68 bits per heavy atom. The van der Waals surface area contributed by atoms with E-state index in [0.717, 1.165) is 12.1 Å². The summed E-state index contributed by atoms with van der Waals surface area (Å²) in [4.78, 5) is 0. The first-order valence-corrected chi connectivity index (χ1v) is 6.64. The zero-order valence-electron chi connectivity index (χ0n) is 11.8. The predicted octanol–water partition coefficient (Wildman–Crippen LogP) is 2.17. The van der Waals surface area contributed by atoms with Crippen LogP contribution in [-0.2, 0) is 13.5 Å². The van der Waals surface area contributed by atoms with Crippen LogP contribution in [0.25, 0.3) is 0 Å². The second-order valence-corrected chi connectivity index (χ2v) is 5.32. The molecule has 3 N–H and O–H groups in total. The molecule has 0 aliphatic carbocycles. The molecule has 19 heavy (non-hydrogen) atoms. The molecular weight excluding hydrogens is 236 g/mol. The molecule has 0 amide bonds. The number of hydrogen-bond donors (Lipinski definition) is 2. The van der Waals surface area contributed by atoms with E-state index in [-0.39, 0.29) is 6.04 Å². The van der Waals surface area contributed by atoms with Crippen molar-refractivity contribution in [2.75, 3.05) is 0 Å². The highest BCUT2D eigenvalue weighted by Gasteiger charge is 2.16. The Balaban J connectivity index is 2.31. The van der Waals surface area contributed by atoms with Crippen molar-refractivity contribution in [3.05, 3.63) is 53.3 Å². The number of nitrogens with two attached hydrogens (primary N) is 1. The van der Waals surface area contributed by atoms with Crippen molar-refractivity contribution < 1.29 is 0 Å². The molecule has 2 rings (SSSR count). The molecule has 1 heterocycles. The lowest BCUT2D eigenvalue weighted by Crippen LogP contribution is -2.30. The van der Waals surface area contributed by atoms with E-state index in [1.807, 2.05) is 17.8 Å². The smallest absolute Gasteiger partial charge is 0.0878 e. The minimum absolute atomic E-state index is 0.0281. The highest BCUT2D eigenvalue weighted by Crippen LogP contribution is 2.22. The molecule has 1 aromatic heterocycles. The molecule has 4 nitrogen and oxygen atoms in total. The number of nitrogens with zero attached hydrogens (tertiary/aromatic N) is 2. The topological polar surface area (TPSA) is 55.9 Å². The summed E-state index contributed by atoms with van der Waals surface area (Å²) in [5.41, 5.74) is 6.45. The van der Waals surface area contributed by atoms with Crippen LogP contribution in [0.4, 0.5) is 0 Å². The molecule has 2 aromatic rings. The average molecular weight is 258 g/mol. The molecular formula is C15H22N4. The maximum atomic E-state index is 5.73. The Bertz CT molecular complexity index is 530. The quantitative estimate of drug-likeness (QED) is 0.638. The van der Waals surface area contributed by atoms with Gasteiger partial charge in [0.05, 0.1) is 11.7 Å². The van der Waals surface area contributed by atoms with Crippen molar-refractivity contribution in [3.63, 3.8) is 0 Å². The van der Waals surface area contributed by atoms with Crippen molar-refractivity contribution in [3.8, 4) is 0 Å². The second-order valence-electron chi connectivity index (χ2n) is 5.32. The van der Waals surface area contributed by atoms with Gasteiger partial charge in [-0.25, -0.2) is 5.43 Å². The highest BCUT2D eigenvalue weighted by molar-refractivity contribution is 5.31. The normalized spacial score (nSPS) is 12.9. The summed E-state index contributed by atoms with van der Waals surface area (Å²) in [6, 6.07) is 10.5. The second kappa shape index (κ2) is 5.99. The monoisotopic (exact) mass is 258 g/mol. The van der Waals surface area contributed by atoms with Gasteiger partial charge in [-0.2, -0.15) is 5.10 Å². The maximum Gasteiger partial charge on any atom is 0.0878 e. The fourth-order valence-corrected chi connectivity index (χ4v) is 2.39. The van der Waals surface area contributed by atoms with Crippen LogP contribution in [0.3, 0.4) is 0 Å². The van der Waals surface area contributed by atoms with Crippen LogP contribution in [0.15, 0.2) is 36.5 Å². The van der Waals surface area contributed by atoms with Gasteiger partial charge in [-0.1, -0.05) is 38.1 Å². The lowest BCUT2D eigenvalue weighted by Gasteiger charge is -2.18. The summed E-state index contributed by atoms with van der Waals surface area (Å²) in [5, 5.41) is 4.20. The molecule has 1 unspecified atom stereocenters. The number of hydrazine groups is 1. The molecule has 0 radical (unpaired) electrons. The molecule has 1 atom stereocenters. The number of aromatic nitrogens is 2. The molecule has 0 fully saturated rings. The maximum absolute atomic E-state index is 5.73. The fourth-order valence-electron chi connectivity index (χ4n) is 2.39. The predicted molar refractivity (Wildman–Crippen MR) is 77.4 cm³/mol. The Hall–Kier alpha value is -1.65. The van der Waals surface area contributed by atoms with E-state index in [0.29, 0.717) is 5.92 Å². The number of aryl methyl sites for hydroxylation is 1. The molecule has 0 saturated heterocycles. The number of hydrogen-bond acceptors (Lipinski definition) is 3. The van der Waals surface area contributed by atoms with Crippen LogP contribution < -0.4 is 11.3 Å². The van der Waals surface area contributed by atoms with Gasteiger partial charge in [0.25, 0.3) is 0 Å². The van der Waals surface area contributed by atoms with Crippen LogP contribution >= 0.6 is 0 Å². The van der Waals surface area contributed by atoms with Crippen LogP contribution in [0, 0.1) is 5.92 Å². The van der Waals surface area contributed by atoms with Gasteiger partial charge in [0.1, 0.15) is 0 Å². The van der Waals surface area contributed by atoms with E-state index in [1.54, 1.807) is 6.20 Å². The van der Waals surface area contributed by atoms with Crippen molar-refractivity contribution in [1.82, 2.24) is 15.2 Å². The summed E-state index contributed by atoms with van der Waals surface area (Å²) in [7, 11) is 1.93. The highest BCUT2D eigenvalue weighted by atomic mass is 15.3. The van der Waals surface area contributed by atoms with Gasteiger partial charge in [-0.15, -0.1) is 0 Å². The largest absolute Gasteiger partial charge is 0.271 e. The first-order chi connectivity index (χ1) is 9.11. The van der Waals surface area contributed by atoms with E-state index < -0.39 is 0 Å². The third-order valence-electron chi connectivity index (χ3n) is 3.25. The number of nitrogens with one attached hydrogen (secondary N) is 1. The van der Waals surface area contributed by atoms with Gasteiger partial charge in [0.15, 0.2) is 0 Å². The van der Waals surface area contributed by atoms with Gasteiger partial charge >= 0.3 is 0 Å². The third-order valence-corrected chi connectivity index (χ3v) is 3.25. The Morgan fingerprint density at radius 2 is 2.11 bits per heavy atom. The minimum Gasteiger partial charge on any atom is -0.271 e. The van der Waals surface area contributed by atoms with E-state index in [4.69, 9.17) is 5.84 Å². The third kappa shape index (κ3) is 3.22. The molecule has 0 aliphatic heterocycles. The lowest BCUT2D eigenvalue weighted by atomic mass is 9.97. The van der Waals surface area contributed by atoms with Crippen molar-refractivity contribution >= 4 is 0 Å². The molecule has 4 heteroatoms. The summed E-state index contributed by atoms with van der Waals surface area (Å²) >= 11 is 0. The minimum atomic E-state index is -0.0281. The molecule has 102 valence electrons. The summed E-state index contributed by atoms with van der Waals surface area (Å²) < 4.78 is 1.85. The first-order valence-electron chi connectivity index (χ1n) is 6.64. The zero-order valence-corrected chi connectivity index (χ0v) is 11.8. The van der Waals surface area contributed by atoms with Gasteiger partial charge in [0, 0.05) is 13.2 Å². The van der Waals surface area contributed by atoms with E-state index in [1.165, 1.54) is 11.1 Å². The molecule has 0 aliphatic rings. The summed E-state index contributed by atoms with van der Waals surface area (Å²) in [6.07, 6.45) is 2.87. The number of rotatable bonds is 5. The standard InChI is InChI=1S/C15H22N4/c1-11(2)9-12-5-4-6-13(10-12)15(18-16)14-7-8-17-19(14)3/h4-8,10-11,15,18H,9,16H2,1-3H3. The summed E-state index contributed by atoms with van der Waals surface area (Å²) in [5.74, 6) is 6.37. The van der Waals surface area contributed by atoms with Crippen LogP contribution in [0.5, 0.6) is 0 Å². The van der Waals surface area contributed by atoms with Gasteiger partial charge in [-0.05, 0) is 29.5 Å². The Kier molecular flexibility index (Phi) is 4.35. The van der Waals surface area contributed by atoms with E-state index >= 15 is 0 Å². The van der Waals surface area contributed by atoms with Crippen molar-refractivity contribution in [2.24, 2.45) is 18.8 Å². The van der Waals surface area contributed by atoms with Gasteiger partial charge in [-0.3, -0.25) is 10.5 Å². The van der Waals surface area contributed by atoms with Gasteiger partial charge < -0.3 is 0 Å². The molecule has 1 aromatic carbocycles. The lowest BCUT2D eigenvalue weighted by molar-refractivity contribution is 0.573. The van der Waals surface area contributed by atoms with Crippen LogP contribution in [0.1, 0.15) is 36.7 Å². The van der Waals surface area contributed by atoms with Crippen LogP contribution in [-0.4, -0.2) is 9.78 Å². The summed E-state index contributed by atoms with van der Waals surface area (Å²) in [6.45, 7) is 4.46. The van der Waals surface area contributed by atoms with E-state index in [2.05, 4.69) is 48.6 Å². The van der Waals surface area contributed by atoms with E-state index in [9.17, 15) is 0 Å². The number of benzene rings is 1. The molecule has 0 saturated carbocycles. The fraction of sp³-hybridized carbons (Fsp3) is 0.400. The van der Waals surface area contributed by atoms with Crippen LogP contribution in [0.2, 0.25) is 0 Å². The van der Waals surface area contributed by atoms with Crippen molar-refractivity contribution in [1.29, 1.82) is 0 Å². The Labute approximate surface area is 114 Å². The van der Waals surface area contributed by atoms with Crippen molar-refractivity contribution in [2.45, 2.75) is 26.3 Å².